The average molecular weight is 154 g/mol. The molecular formula is C8H14N2O. The number of rotatable bonds is 5. The van der Waals surface area contributed by atoms with Gasteiger partial charge in [-0.15, -0.1) is 0 Å². The molecule has 0 bridgehead atoms. The average Bonchev–Trinajstić information content (AvgIpc) is 2.67. The van der Waals surface area contributed by atoms with Crippen LogP contribution in [-0.2, 0) is 4.79 Å². The van der Waals surface area contributed by atoms with Crippen molar-refractivity contribution < 1.29 is 4.79 Å². The van der Waals surface area contributed by atoms with Crippen LogP contribution in [0.3, 0.4) is 0 Å². The van der Waals surface area contributed by atoms with E-state index < -0.39 is 0 Å². The van der Waals surface area contributed by atoms with Crippen molar-refractivity contribution in [2.45, 2.75) is 45.2 Å². The van der Waals surface area contributed by atoms with E-state index in [9.17, 15) is 4.79 Å². The third-order valence-electron chi connectivity index (χ3n) is 1.91. The van der Waals surface area contributed by atoms with Crippen LogP contribution < -0.4 is 0 Å². The van der Waals surface area contributed by atoms with Gasteiger partial charge >= 0.3 is 0 Å². The Morgan fingerprint density at radius 2 is 2.00 bits per heavy atom. The smallest absolute Gasteiger partial charge is 0.191 e. The van der Waals surface area contributed by atoms with Gasteiger partial charge in [-0.05, 0) is 13.3 Å². The summed E-state index contributed by atoms with van der Waals surface area (Å²) in [5, 5.41) is 7.94. The number of Topliss-reactive ketones (excluding diaryl/α,β-unsaturated/α-hetero) is 1. The molecule has 0 amide bonds. The molecule has 1 rings (SSSR count). The number of hydrogen-bond acceptors (Lipinski definition) is 3. The van der Waals surface area contributed by atoms with Crippen LogP contribution >= 0.6 is 0 Å². The van der Waals surface area contributed by atoms with Crippen LogP contribution in [0.4, 0.5) is 0 Å². The van der Waals surface area contributed by atoms with Crippen LogP contribution in [0.5, 0.6) is 0 Å². The highest BCUT2D eigenvalue weighted by Gasteiger charge is 2.38. The van der Waals surface area contributed by atoms with Gasteiger partial charge in [-0.3, -0.25) is 0 Å². The number of ketones is 1. The van der Waals surface area contributed by atoms with Gasteiger partial charge in [-0.2, -0.15) is 10.2 Å². The molecule has 0 radical (unpaired) electrons. The molecule has 0 saturated carbocycles. The van der Waals surface area contributed by atoms with Crippen molar-refractivity contribution in [3.8, 4) is 0 Å². The summed E-state index contributed by atoms with van der Waals surface area (Å²) in [7, 11) is 0. The first kappa shape index (κ1) is 8.37. The van der Waals surface area contributed by atoms with Gasteiger partial charge in [0.15, 0.2) is 5.66 Å². The zero-order valence-electron chi connectivity index (χ0n) is 7.13. The van der Waals surface area contributed by atoms with Crippen molar-refractivity contribution in [2.24, 2.45) is 10.2 Å². The summed E-state index contributed by atoms with van der Waals surface area (Å²) >= 11 is 0. The highest BCUT2D eigenvalue weighted by Crippen LogP contribution is 2.37. The van der Waals surface area contributed by atoms with Crippen molar-refractivity contribution in [3.63, 3.8) is 0 Å². The van der Waals surface area contributed by atoms with Crippen molar-refractivity contribution in [1.29, 1.82) is 0 Å². The Balaban J connectivity index is 2.19. The van der Waals surface area contributed by atoms with E-state index in [1.54, 1.807) is 6.92 Å². The monoisotopic (exact) mass is 154 g/mol. The minimum Gasteiger partial charge on any atom is -0.300 e. The summed E-state index contributed by atoms with van der Waals surface area (Å²) < 4.78 is 0. The molecule has 0 fully saturated rings. The number of nitrogens with zero attached hydrogens (tertiary/aromatic N) is 2. The molecule has 1 aliphatic rings. The van der Waals surface area contributed by atoms with E-state index in [0.717, 1.165) is 19.3 Å². The van der Waals surface area contributed by atoms with Gasteiger partial charge in [0.25, 0.3) is 0 Å². The van der Waals surface area contributed by atoms with Gasteiger partial charge in [-0.1, -0.05) is 13.3 Å². The Hall–Kier alpha value is -0.730. The predicted octanol–water partition coefficient (Wildman–Crippen LogP) is 2.32. The van der Waals surface area contributed by atoms with E-state index in [4.69, 9.17) is 0 Å². The minimum absolute atomic E-state index is 0.138. The lowest BCUT2D eigenvalue weighted by Crippen LogP contribution is -2.11. The molecule has 0 N–H and O–H groups in total. The van der Waals surface area contributed by atoms with Crippen LogP contribution in [0.2, 0.25) is 0 Å². The van der Waals surface area contributed by atoms with Crippen molar-refractivity contribution in [1.82, 2.24) is 0 Å². The lowest BCUT2D eigenvalue weighted by molar-refractivity contribution is -0.117. The fourth-order valence-electron chi connectivity index (χ4n) is 1.17. The summed E-state index contributed by atoms with van der Waals surface area (Å²) in [5.41, 5.74) is -0.138. The molecule has 1 aliphatic heterocycles. The number of carbonyl (C=O) groups excluding carboxylic acids is 1. The topological polar surface area (TPSA) is 41.8 Å². The first-order valence-corrected chi connectivity index (χ1v) is 4.12. The second kappa shape index (κ2) is 3.11. The maximum atomic E-state index is 10.6. The second-order valence-electron chi connectivity index (χ2n) is 3.13. The van der Waals surface area contributed by atoms with Gasteiger partial charge in [-0.25, -0.2) is 0 Å². The van der Waals surface area contributed by atoms with E-state index in [1.807, 2.05) is 0 Å². The molecule has 1 heterocycles. The maximum absolute atomic E-state index is 10.6. The van der Waals surface area contributed by atoms with E-state index in [0.29, 0.717) is 6.42 Å². The third kappa shape index (κ3) is 2.41. The minimum atomic E-state index is -0.138. The molecule has 0 aliphatic carbocycles. The maximum Gasteiger partial charge on any atom is 0.191 e. The summed E-state index contributed by atoms with van der Waals surface area (Å²) in [5.74, 6) is 0.234. The highest BCUT2D eigenvalue weighted by molar-refractivity contribution is 5.75. The van der Waals surface area contributed by atoms with Gasteiger partial charge in [0.1, 0.15) is 5.78 Å². The Kier molecular flexibility index (Phi) is 2.37. The molecule has 0 spiro atoms. The zero-order valence-corrected chi connectivity index (χ0v) is 7.13. The zero-order chi connectivity index (χ0) is 8.32. The molecular weight excluding hydrogens is 140 g/mol. The highest BCUT2D eigenvalue weighted by atomic mass is 16.1. The first-order chi connectivity index (χ1) is 5.18. The molecule has 62 valence electrons. The third-order valence-corrected chi connectivity index (χ3v) is 1.91. The molecule has 0 saturated heterocycles. The standard InChI is InChI=1S/C8H14N2O/c1-3-5-8(9-10-8)6-4-7(2)11/h3-6H2,1-2H3. The molecule has 3 nitrogen and oxygen atoms in total. The lowest BCUT2D eigenvalue weighted by Gasteiger charge is -2.05. The normalized spacial score (nSPS) is 18.4. The van der Waals surface area contributed by atoms with Gasteiger partial charge in [0, 0.05) is 12.8 Å². The Morgan fingerprint density at radius 1 is 1.36 bits per heavy atom. The van der Waals surface area contributed by atoms with E-state index in [-0.39, 0.29) is 11.4 Å². The Labute approximate surface area is 66.9 Å². The van der Waals surface area contributed by atoms with Crippen LogP contribution in [0.15, 0.2) is 10.2 Å². The largest absolute Gasteiger partial charge is 0.300 e. The Bertz CT molecular complexity index is 181. The molecule has 0 aromatic rings. The summed E-state index contributed by atoms with van der Waals surface area (Å²) in [6, 6.07) is 0. The molecule has 0 aromatic carbocycles. The SMILES string of the molecule is CCCC1(CCC(C)=O)N=N1. The number of hydrogen-bond donors (Lipinski definition) is 0. The molecule has 0 aromatic heterocycles. The van der Waals surface area contributed by atoms with Gasteiger partial charge < -0.3 is 4.79 Å². The Morgan fingerprint density at radius 3 is 2.36 bits per heavy atom. The van der Waals surface area contributed by atoms with Crippen molar-refractivity contribution >= 4 is 5.78 Å². The van der Waals surface area contributed by atoms with Crippen LogP contribution in [-0.4, -0.2) is 11.4 Å². The predicted molar refractivity (Wildman–Crippen MR) is 42.4 cm³/mol. The van der Waals surface area contributed by atoms with Crippen LogP contribution in [0.25, 0.3) is 0 Å². The summed E-state index contributed by atoms with van der Waals surface area (Å²) in [6.45, 7) is 3.72. The van der Waals surface area contributed by atoms with E-state index >= 15 is 0 Å². The van der Waals surface area contributed by atoms with Gasteiger partial charge in [0.05, 0.1) is 0 Å². The molecule has 3 heteroatoms. The van der Waals surface area contributed by atoms with Crippen molar-refractivity contribution in [2.75, 3.05) is 0 Å². The van der Waals surface area contributed by atoms with Crippen LogP contribution in [0.1, 0.15) is 39.5 Å². The van der Waals surface area contributed by atoms with Crippen LogP contribution in [0, 0.1) is 0 Å². The van der Waals surface area contributed by atoms with Crippen molar-refractivity contribution in [3.05, 3.63) is 0 Å². The molecule has 11 heavy (non-hydrogen) atoms. The summed E-state index contributed by atoms with van der Waals surface area (Å²) in [4.78, 5) is 10.6. The summed E-state index contributed by atoms with van der Waals surface area (Å²) in [6.07, 6.45) is 3.52. The molecule has 0 unspecified atom stereocenters. The fraction of sp³-hybridized carbons (Fsp3) is 0.875. The second-order valence-corrected chi connectivity index (χ2v) is 3.13. The van der Waals surface area contributed by atoms with Gasteiger partial charge in [0.2, 0.25) is 0 Å². The lowest BCUT2D eigenvalue weighted by atomic mass is 10.0. The number of carbonyl (C=O) groups is 1. The van der Waals surface area contributed by atoms with E-state index in [2.05, 4.69) is 17.2 Å². The fourth-order valence-corrected chi connectivity index (χ4v) is 1.17. The quantitative estimate of drug-likeness (QED) is 0.599. The van der Waals surface area contributed by atoms with E-state index in [1.165, 1.54) is 0 Å². The molecule has 0 atom stereocenters. The first-order valence-electron chi connectivity index (χ1n) is 4.12.